The van der Waals surface area contributed by atoms with Gasteiger partial charge < -0.3 is 10.6 Å². The summed E-state index contributed by atoms with van der Waals surface area (Å²) >= 11 is 1.75. The van der Waals surface area contributed by atoms with Gasteiger partial charge in [0.25, 0.3) is 0 Å². The van der Waals surface area contributed by atoms with Gasteiger partial charge in [-0.25, -0.2) is 9.98 Å². The molecule has 0 spiro atoms. The lowest BCUT2D eigenvalue weighted by atomic mass is 10.1. The Morgan fingerprint density at radius 1 is 1.40 bits per heavy atom. The maximum Gasteiger partial charge on any atom is 0.319 e. The molecule has 0 saturated carbocycles. The molecule has 0 radical (unpaired) electrons. The van der Waals surface area contributed by atoms with Crippen LogP contribution in [0.2, 0.25) is 0 Å². The van der Waals surface area contributed by atoms with Crippen molar-refractivity contribution in [3.8, 4) is 0 Å². The van der Waals surface area contributed by atoms with Gasteiger partial charge in [-0.1, -0.05) is 13.0 Å². The normalized spacial score (nSPS) is 12.8. The van der Waals surface area contributed by atoms with E-state index in [4.69, 9.17) is 0 Å². The van der Waals surface area contributed by atoms with Crippen LogP contribution in [0.25, 0.3) is 0 Å². The lowest BCUT2D eigenvalue weighted by Crippen LogP contribution is -2.39. The van der Waals surface area contributed by atoms with Gasteiger partial charge >= 0.3 is 6.55 Å². The number of aromatic nitrogens is 2. The van der Waals surface area contributed by atoms with Crippen LogP contribution in [0.4, 0.5) is 8.78 Å². The van der Waals surface area contributed by atoms with Crippen LogP contribution in [0, 0.1) is 5.92 Å². The largest absolute Gasteiger partial charge is 0.357 e. The maximum absolute atomic E-state index is 12.8. The molecule has 2 heterocycles. The van der Waals surface area contributed by atoms with Gasteiger partial charge in [-0.3, -0.25) is 4.57 Å². The van der Waals surface area contributed by atoms with E-state index in [1.54, 1.807) is 11.3 Å². The molecule has 0 aromatic carbocycles. The Labute approximate surface area is 168 Å². The average Bonchev–Trinajstić information content (AvgIpc) is 3.21. The Kier molecular flexibility index (Phi) is 9.94. The summed E-state index contributed by atoms with van der Waals surface area (Å²) in [5.74, 6) is 1.30. The lowest BCUT2D eigenvalue weighted by molar-refractivity contribution is 0.0671. The van der Waals surface area contributed by atoms with Crippen LogP contribution in [-0.2, 0) is 13.0 Å². The molecule has 0 fully saturated rings. The number of halogens is 3. The van der Waals surface area contributed by atoms with Crippen LogP contribution in [0.5, 0.6) is 0 Å². The zero-order chi connectivity index (χ0) is 17.4. The number of imidazole rings is 1. The predicted molar refractivity (Wildman–Crippen MR) is 109 cm³/mol. The molecule has 2 aromatic heterocycles. The number of aliphatic imine (C=N–C) groups is 1. The molecule has 9 heteroatoms. The number of rotatable bonds is 8. The van der Waals surface area contributed by atoms with Crippen molar-refractivity contribution in [1.82, 2.24) is 20.2 Å². The molecule has 0 aliphatic heterocycles. The van der Waals surface area contributed by atoms with E-state index < -0.39 is 6.55 Å². The third-order valence-electron chi connectivity index (χ3n) is 3.43. The molecule has 1 unspecified atom stereocenters. The highest BCUT2D eigenvalue weighted by atomic mass is 127. The summed E-state index contributed by atoms with van der Waals surface area (Å²) in [6.45, 7) is 3.10. The van der Waals surface area contributed by atoms with Gasteiger partial charge in [0, 0.05) is 30.4 Å². The lowest BCUT2D eigenvalue weighted by Gasteiger charge is -2.15. The summed E-state index contributed by atoms with van der Waals surface area (Å²) in [7, 11) is 0. The maximum atomic E-state index is 12.8. The Hall–Kier alpha value is -1.23. The molecule has 1 atom stereocenters. The van der Waals surface area contributed by atoms with Gasteiger partial charge in [0.1, 0.15) is 12.4 Å². The van der Waals surface area contributed by atoms with Gasteiger partial charge in [0.05, 0.1) is 0 Å². The van der Waals surface area contributed by atoms with Gasteiger partial charge in [0.15, 0.2) is 5.96 Å². The SMILES string of the molecule is CCNC(=NCc1nccn1C(F)F)NCC(C)Cc1cccs1.I. The van der Waals surface area contributed by atoms with Gasteiger partial charge in [-0.05, 0) is 30.7 Å². The van der Waals surface area contributed by atoms with Crippen molar-refractivity contribution in [2.75, 3.05) is 13.1 Å². The van der Waals surface area contributed by atoms with E-state index in [9.17, 15) is 8.78 Å². The first-order valence-electron chi connectivity index (χ1n) is 7.94. The Morgan fingerprint density at radius 2 is 2.20 bits per heavy atom. The second kappa shape index (κ2) is 11.4. The second-order valence-corrected chi connectivity index (χ2v) is 6.53. The van der Waals surface area contributed by atoms with E-state index in [1.165, 1.54) is 17.3 Å². The zero-order valence-electron chi connectivity index (χ0n) is 14.3. The molecular formula is C16H24F2IN5S. The third kappa shape index (κ3) is 7.27. The number of nitrogens with one attached hydrogen (secondary N) is 2. The van der Waals surface area contributed by atoms with Crippen LogP contribution < -0.4 is 10.6 Å². The van der Waals surface area contributed by atoms with Crippen molar-refractivity contribution in [3.05, 3.63) is 40.6 Å². The van der Waals surface area contributed by atoms with Crippen LogP contribution in [0.15, 0.2) is 34.9 Å². The van der Waals surface area contributed by atoms with Crippen LogP contribution in [0.3, 0.4) is 0 Å². The van der Waals surface area contributed by atoms with Crippen molar-refractivity contribution >= 4 is 41.3 Å². The number of thiophene rings is 1. The highest BCUT2D eigenvalue weighted by Crippen LogP contribution is 2.14. The minimum Gasteiger partial charge on any atom is -0.357 e. The summed E-state index contributed by atoms with van der Waals surface area (Å²) in [5.41, 5.74) is 0. The van der Waals surface area contributed by atoms with Gasteiger partial charge in [0.2, 0.25) is 0 Å². The highest BCUT2D eigenvalue weighted by Gasteiger charge is 2.11. The minimum absolute atomic E-state index is 0. The smallest absolute Gasteiger partial charge is 0.319 e. The molecule has 0 bridgehead atoms. The zero-order valence-corrected chi connectivity index (χ0v) is 17.4. The highest BCUT2D eigenvalue weighted by molar-refractivity contribution is 14.0. The number of alkyl halides is 2. The first-order chi connectivity index (χ1) is 11.6. The van der Waals surface area contributed by atoms with E-state index in [-0.39, 0.29) is 36.3 Å². The fraction of sp³-hybridized carbons (Fsp3) is 0.500. The first-order valence-corrected chi connectivity index (χ1v) is 8.82. The molecule has 2 aromatic rings. The van der Waals surface area contributed by atoms with E-state index in [0.29, 0.717) is 18.4 Å². The van der Waals surface area contributed by atoms with E-state index >= 15 is 0 Å². The fourth-order valence-corrected chi connectivity index (χ4v) is 3.12. The molecule has 0 aliphatic carbocycles. The van der Waals surface area contributed by atoms with E-state index in [2.05, 4.69) is 45.0 Å². The average molecular weight is 483 g/mol. The topological polar surface area (TPSA) is 54.2 Å². The second-order valence-electron chi connectivity index (χ2n) is 5.49. The fourth-order valence-electron chi connectivity index (χ4n) is 2.25. The third-order valence-corrected chi connectivity index (χ3v) is 4.33. The van der Waals surface area contributed by atoms with Crippen molar-refractivity contribution < 1.29 is 8.78 Å². The molecule has 0 amide bonds. The summed E-state index contributed by atoms with van der Waals surface area (Å²) in [6.07, 6.45) is 3.62. The predicted octanol–water partition coefficient (Wildman–Crippen LogP) is 3.89. The van der Waals surface area contributed by atoms with Crippen molar-refractivity contribution in [2.24, 2.45) is 10.9 Å². The van der Waals surface area contributed by atoms with Crippen molar-refractivity contribution in [3.63, 3.8) is 0 Å². The monoisotopic (exact) mass is 483 g/mol. The van der Waals surface area contributed by atoms with Gasteiger partial charge in [-0.2, -0.15) is 8.78 Å². The Bertz CT molecular complexity index is 630. The summed E-state index contributed by atoms with van der Waals surface area (Å²) < 4.78 is 26.4. The molecule has 140 valence electrons. The molecule has 2 rings (SSSR count). The summed E-state index contributed by atoms with van der Waals surface area (Å²) in [6, 6.07) is 4.18. The Morgan fingerprint density at radius 3 is 2.84 bits per heavy atom. The summed E-state index contributed by atoms with van der Waals surface area (Å²) in [5, 5.41) is 8.46. The minimum atomic E-state index is -2.60. The quantitative estimate of drug-likeness (QED) is 0.341. The number of hydrogen-bond donors (Lipinski definition) is 2. The van der Waals surface area contributed by atoms with Crippen molar-refractivity contribution in [1.29, 1.82) is 0 Å². The number of guanidine groups is 1. The molecular weight excluding hydrogens is 459 g/mol. The molecule has 0 aliphatic rings. The Balaban J connectivity index is 0.00000312. The first kappa shape index (κ1) is 21.8. The van der Waals surface area contributed by atoms with Gasteiger partial charge in [-0.15, -0.1) is 35.3 Å². The van der Waals surface area contributed by atoms with Crippen LogP contribution in [-0.4, -0.2) is 28.6 Å². The summed E-state index contributed by atoms with van der Waals surface area (Å²) in [4.78, 5) is 9.64. The number of nitrogens with zero attached hydrogens (tertiary/aromatic N) is 3. The molecule has 5 nitrogen and oxygen atoms in total. The molecule has 25 heavy (non-hydrogen) atoms. The van der Waals surface area contributed by atoms with E-state index in [1.807, 2.05) is 6.92 Å². The molecule has 2 N–H and O–H groups in total. The van der Waals surface area contributed by atoms with Crippen LogP contribution >= 0.6 is 35.3 Å². The van der Waals surface area contributed by atoms with E-state index in [0.717, 1.165) is 17.5 Å². The number of hydrogen-bond acceptors (Lipinski definition) is 3. The van der Waals surface area contributed by atoms with Crippen molar-refractivity contribution in [2.45, 2.75) is 33.4 Å². The standard InChI is InChI=1S/C16H23F2N5S.HI/c1-3-19-16(21-10-12(2)9-13-5-4-8-24-13)22-11-14-20-6-7-23(14)15(17)18;/h4-8,12,15H,3,9-11H2,1-2H3,(H2,19,21,22);1H. The van der Waals surface area contributed by atoms with Crippen LogP contribution in [0.1, 0.15) is 31.1 Å². The molecule has 0 saturated heterocycles.